The standard InChI is InChI=1S/C17H23F3N2OS/c1-11(2)16(4,10-23)24-15(21-5)22-12(3)13-7-6-8-14(9-13)17(18,19)20/h6-12H,1-5H3,(H,21,22)/t12-,16?/m0/s1. The van der Waals surface area contributed by atoms with Crippen molar-refractivity contribution >= 4 is 23.2 Å². The van der Waals surface area contributed by atoms with E-state index in [0.717, 1.165) is 18.4 Å². The number of alkyl halides is 3. The summed E-state index contributed by atoms with van der Waals surface area (Å²) in [5.41, 5.74) is -0.180. The van der Waals surface area contributed by atoms with Gasteiger partial charge in [-0.05, 0) is 37.5 Å². The Morgan fingerprint density at radius 3 is 2.38 bits per heavy atom. The number of carbonyl (C=O) groups is 1. The molecule has 0 saturated carbocycles. The summed E-state index contributed by atoms with van der Waals surface area (Å²) in [4.78, 5) is 15.5. The van der Waals surface area contributed by atoms with Crippen molar-refractivity contribution < 1.29 is 18.0 Å². The van der Waals surface area contributed by atoms with Crippen molar-refractivity contribution in [3.05, 3.63) is 35.4 Å². The summed E-state index contributed by atoms with van der Waals surface area (Å²) in [6, 6.07) is 4.81. The van der Waals surface area contributed by atoms with Crippen molar-refractivity contribution in [2.24, 2.45) is 10.9 Å². The van der Waals surface area contributed by atoms with E-state index in [1.54, 1.807) is 20.0 Å². The molecule has 0 aliphatic rings. The average molecular weight is 360 g/mol. The van der Waals surface area contributed by atoms with Crippen LogP contribution in [0.3, 0.4) is 0 Å². The number of halogens is 3. The van der Waals surface area contributed by atoms with E-state index in [2.05, 4.69) is 10.3 Å². The van der Waals surface area contributed by atoms with Crippen LogP contribution in [-0.2, 0) is 11.0 Å². The van der Waals surface area contributed by atoms with Crippen molar-refractivity contribution in [2.75, 3.05) is 7.05 Å². The van der Waals surface area contributed by atoms with E-state index in [1.165, 1.54) is 17.8 Å². The fourth-order valence-corrected chi connectivity index (χ4v) is 2.91. The van der Waals surface area contributed by atoms with E-state index in [9.17, 15) is 18.0 Å². The molecule has 1 rings (SSSR count). The summed E-state index contributed by atoms with van der Waals surface area (Å²) in [5.74, 6) is 0.0856. The molecule has 24 heavy (non-hydrogen) atoms. The highest BCUT2D eigenvalue weighted by molar-refractivity contribution is 8.15. The number of aliphatic imine (C=N–C) groups is 1. The lowest BCUT2D eigenvalue weighted by molar-refractivity contribution is -0.137. The predicted molar refractivity (Wildman–Crippen MR) is 93.3 cm³/mol. The molecule has 0 saturated heterocycles. The molecule has 0 fully saturated rings. The fourth-order valence-electron chi connectivity index (χ4n) is 1.88. The number of hydrogen-bond acceptors (Lipinski definition) is 3. The lowest BCUT2D eigenvalue weighted by atomic mass is 9.99. The molecule has 0 aliphatic heterocycles. The summed E-state index contributed by atoms with van der Waals surface area (Å²) in [7, 11) is 1.58. The van der Waals surface area contributed by atoms with Crippen LogP contribution in [0.4, 0.5) is 13.2 Å². The second-order valence-electron chi connectivity index (χ2n) is 6.08. The topological polar surface area (TPSA) is 41.5 Å². The van der Waals surface area contributed by atoms with Gasteiger partial charge in [0, 0.05) is 7.05 Å². The maximum Gasteiger partial charge on any atom is 0.416 e. The molecule has 2 atom stereocenters. The first-order chi connectivity index (χ1) is 11.0. The molecule has 1 N–H and O–H groups in total. The molecule has 0 radical (unpaired) electrons. The molecule has 0 heterocycles. The molecule has 0 bridgehead atoms. The molecule has 1 aromatic rings. The van der Waals surface area contributed by atoms with Crippen LogP contribution in [0, 0.1) is 5.92 Å². The zero-order chi connectivity index (χ0) is 18.5. The van der Waals surface area contributed by atoms with E-state index in [1.807, 2.05) is 20.8 Å². The van der Waals surface area contributed by atoms with Crippen LogP contribution in [0.15, 0.2) is 29.3 Å². The molecule has 7 heteroatoms. The maximum absolute atomic E-state index is 12.8. The second kappa shape index (κ2) is 8.05. The van der Waals surface area contributed by atoms with E-state index >= 15 is 0 Å². The minimum atomic E-state index is -4.38. The lowest BCUT2D eigenvalue weighted by Gasteiger charge is -2.28. The minimum absolute atomic E-state index is 0.0856. The van der Waals surface area contributed by atoms with Gasteiger partial charge >= 0.3 is 6.18 Å². The van der Waals surface area contributed by atoms with Gasteiger partial charge in [0.05, 0.1) is 16.4 Å². The van der Waals surface area contributed by atoms with Crippen LogP contribution in [-0.4, -0.2) is 23.2 Å². The molecule has 0 spiro atoms. The number of thioether (sulfide) groups is 1. The SMILES string of the molecule is C/N=C(/N[C@@H](C)c1cccc(C(F)(F)F)c1)SC(C)(C=O)C(C)C. The Hall–Kier alpha value is -1.50. The van der Waals surface area contributed by atoms with Gasteiger partial charge in [-0.15, -0.1) is 0 Å². The first-order valence-corrected chi connectivity index (χ1v) is 8.41. The third kappa shape index (κ3) is 5.26. The molecule has 3 nitrogen and oxygen atoms in total. The van der Waals surface area contributed by atoms with Crippen LogP contribution in [0.25, 0.3) is 0 Å². The second-order valence-corrected chi connectivity index (χ2v) is 7.55. The molecule has 134 valence electrons. The molecule has 0 amide bonds. The van der Waals surface area contributed by atoms with E-state index in [-0.39, 0.29) is 12.0 Å². The van der Waals surface area contributed by atoms with Gasteiger partial charge in [0.25, 0.3) is 0 Å². The Balaban J connectivity index is 2.93. The Kier molecular flexibility index (Phi) is 6.89. The van der Waals surface area contributed by atoms with Crippen molar-refractivity contribution in [1.29, 1.82) is 0 Å². The van der Waals surface area contributed by atoms with E-state index < -0.39 is 16.5 Å². The quantitative estimate of drug-likeness (QED) is 0.471. The number of aldehydes is 1. The number of amidine groups is 1. The smallest absolute Gasteiger partial charge is 0.358 e. The highest BCUT2D eigenvalue weighted by Crippen LogP contribution is 2.33. The number of carbonyl (C=O) groups excluding carboxylic acids is 1. The number of nitrogens with zero attached hydrogens (tertiary/aromatic N) is 1. The number of nitrogens with one attached hydrogen (secondary N) is 1. The van der Waals surface area contributed by atoms with Gasteiger partial charge in [0.15, 0.2) is 5.17 Å². The third-order valence-electron chi connectivity index (χ3n) is 3.95. The summed E-state index contributed by atoms with van der Waals surface area (Å²) >= 11 is 1.28. The summed E-state index contributed by atoms with van der Waals surface area (Å²) in [5, 5.41) is 3.61. The van der Waals surface area contributed by atoms with Gasteiger partial charge in [-0.2, -0.15) is 13.2 Å². The van der Waals surface area contributed by atoms with Crippen molar-refractivity contribution in [3.63, 3.8) is 0 Å². The van der Waals surface area contributed by atoms with Gasteiger partial charge < -0.3 is 10.1 Å². The van der Waals surface area contributed by atoms with E-state index in [0.29, 0.717) is 10.7 Å². The largest absolute Gasteiger partial charge is 0.416 e. The molecule has 1 unspecified atom stereocenters. The van der Waals surface area contributed by atoms with Crippen molar-refractivity contribution in [3.8, 4) is 0 Å². The van der Waals surface area contributed by atoms with Crippen LogP contribution in [0.5, 0.6) is 0 Å². The Labute approximate surface area is 145 Å². The summed E-state index contributed by atoms with van der Waals surface area (Å²) in [6.45, 7) is 7.45. The zero-order valence-electron chi connectivity index (χ0n) is 14.4. The Morgan fingerprint density at radius 1 is 1.29 bits per heavy atom. The first kappa shape index (κ1) is 20.5. The minimum Gasteiger partial charge on any atom is -0.358 e. The third-order valence-corrected chi connectivity index (χ3v) is 5.46. The Bertz CT molecular complexity index is 602. The van der Waals surface area contributed by atoms with Gasteiger partial charge in [0.1, 0.15) is 6.29 Å². The van der Waals surface area contributed by atoms with Gasteiger partial charge in [-0.3, -0.25) is 4.99 Å². The maximum atomic E-state index is 12.8. The number of benzene rings is 1. The predicted octanol–water partition coefficient (Wildman–Crippen LogP) is 4.69. The molecular formula is C17H23F3N2OS. The van der Waals surface area contributed by atoms with Crippen LogP contribution < -0.4 is 5.32 Å². The monoisotopic (exact) mass is 360 g/mol. The zero-order valence-corrected chi connectivity index (χ0v) is 15.3. The molecular weight excluding hydrogens is 337 g/mol. The average Bonchev–Trinajstić information content (AvgIpc) is 2.53. The summed E-state index contributed by atoms with van der Waals surface area (Å²) in [6.07, 6.45) is -3.50. The van der Waals surface area contributed by atoms with Gasteiger partial charge in [-0.25, -0.2) is 0 Å². The van der Waals surface area contributed by atoms with Gasteiger partial charge in [0.2, 0.25) is 0 Å². The highest BCUT2D eigenvalue weighted by atomic mass is 32.2. The fraction of sp³-hybridized carbons (Fsp3) is 0.529. The molecule has 1 aromatic carbocycles. The number of rotatable bonds is 5. The highest BCUT2D eigenvalue weighted by Gasteiger charge is 2.32. The van der Waals surface area contributed by atoms with Gasteiger partial charge in [-0.1, -0.05) is 37.7 Å². The van der Waals surface area contributed by atoms with Crippen molar-refractivity contribution in [2.45, 2.75) is 44.7 Å². The molecule has 0 aromatic heterocycles. The van der Waals surface area contributed by atoms with Crippen LogP contribution in [0.1, 0.15) is 44.9 Å². The molecule has 0 aliphatic carbocycles. The summed E-state index contributed by atoms with van der Waals surface area (Å²) < 4.78 is 37.8. The van der Waals surface area contributed by atoms with E-state index in [4.69, 9.17) is 0 Å². The first-order valence-electron chi connectivity index (χ1n) is 7.59. The van der Waals surface area contributed by atoms with Crippen LogP contribution in [0.2, 0.25) is 0 Å². The Morgan fingerprint density at radius 2 is 1.92 bits per heavy atom. The van der Waals surface area contributed by atoms with Crippen LogP contribution >= 0.6 is 11.8 Å². The normalized spacial score (nSPS) is 16.6. The number of hydrogen-bond donors (Lipinski definition) is 1. The van der Waals surface area contributed by atoms with Crippen molar-refractivity contribution in [1.82, 2.24) is 5.32 Å². The lowest BCUT2D eigenvalue weighted by Crippen LogP contribution is -2.35.